The van der Waals surface area contributed by atoms with E-state index in [1.165, 1.54) is 11.1 Å². The molecule has 0 aliphatic carbocycles. The van der Waals surface area contributed by atoms with Crippen LogP contribution in [0.15, 0.2) is 42.5 Å². The molecule has 4 heteroatoms. The molecular weight excluding hydrogens is 260 g/mol. The van der Waals surface area contributed by atoms with Gasteiger partial charge in [-0.2, -0.15) is 0 Å². The summed E-state index contributed by atoms with van der Waals surface area (Å²) in [6, 6.07) is 14.0. The standard InChI is InChI=1S/C15H15ClN2O/c16-14-5-3-10(4-6-14)15(18-17)11-1-2-12-8-19-9-13(12)7-11/h1-7,15,18H,8-9,17H2. The van der Waals surface area contributed by atoms with E-state index < -0.39 is 0 Å². The lowest BCUT2D eigenvalue weighted by atomic mass is 9.96. The smallest absolute Gasteiger partial charge is 0.0725 e. The van der Waals surface area contributed by atoms with Gasteiger partial charge in [-0.3, -0.25) is 5.84 Å². The first-order valence-electron chi connectivity index (χ1n) is 6.19. The van der Waals surface area contributed by atoms with Crippen LogP contribution in [0.3, 0.4) is 0 Å². The molecule has 3 N–H and O–H groups in total. The SMILES string of the molecule is NNC(c1ccc(Cl)cc1)c1ccc2c(c1)COC2. The quantitative estimate of drug-likeness (QED) is 0.668. The van der Waals surface area contributed by atoms with E-state index in [4.69, 9.17) is 22.2 Å². The summed E-state index contributed by atoms with van der Waals surface area (Å²) in [7, 11) is 0. The third kappa shape index (κ3) is 2.51. The molecule has 1 aliphatic heterocycles. The Bertz CT molecular complexity index is 583. The lowest BCUT2D eigenvalue weighted by Gasteiger charge is -2.17. The fourth-order valence-electron chi connectivity index (χ4n) is 2.41. The minimum absolute atomic E-state index is 0.0387. The van der Waals surface area contributed by atoms with Gasteiger partial charge in [0.25, 0.3) is 0 Å². The maximum atomic E-state index is 5.91. The Kier molecular flexibility index (Phi) is 3.53. The Labute approximate surface area is 117 Å². The van der Waals surface area contributed by atoms with Crippen molar-refractivity contribution < 1.29 is 4.74 Å². The third-order valence-electron chi connectivity index (χ3n) is 3.45. The van der Waals surface area contributed by atoms with Crippen LogP contribution < -0.4 is 11.3 Å². The first-order chi connectivity index (χ1) is 9.28. The van der Waals surface area contributed by atoms with Gasteiger partial charge in [0.05, 0.1) is 19.3 Å². The predicted molar refractivity (Wildman–Crippen MR) is 75.6 cm³/mol. The molecule has 0 radical (unpaired) electrons. The summed E-state index contributed by atoms with van der Waals surface area (Å²) in [4.78, 5) is 0. The molecule has 0 fully saturated rings. The molecule has 0 spiro atoms. The van der Waals surface area contributed by atoms with Crippen LogP contribution >= 0.6 is 11.6 Å². The van der Waals surface area contributed by atoms with E-state index in [2.05, 4.69) is 23.6 Å². The second-order valence-corrected chi connectivity index (χ2v) is 5.11. The molecule has 3 nitrogen and oxygen atoms in total. The zero-order valence-electron chi connectivity index (χ0n) is 10.4. The molecule has 1 heterocycles. The maximum Gasteiger partial charge on any atom is 0.0725 e. The highest BCUT2D eigenvalue weighted by atomic mass is 35.5. The zero-order valence-corrected chi connectivity index (χ0v) is 11.2. The summed E-state index contributed by atoms with van der Waals surface area (Å²) < 4.78 is 5.44. The molecule has 98 valence electrons. The summed E-state index contributed by atoms with van der Waals surface area (Å²) >= 11 is 5.91. The fourth-order valence-corrected chi connectivity index (χ4v) is 2.54. The van der Waals surface area contributed by atoms with E-state index in [1.54, 1.807) is 0 Å². The number of benzene rings is 2. The molecule has 0 saturated carbocycles. The van der Waals surface area contributed by atoms with Crippen molar-refractivity contribution in [2.24, 2.45) is 5.84 Å². The number of hydrogen-bond acceptors (Lipinski definition) is 3. The predicted octanol–water partition coefficient (Wildman–Crippen LogP) is 2.92. The van der Waals surface area contributed by atoms with Crippen molar-refractivity contribution in [3.05, 3.63) is 69.7 Å². The van der Waals surface area contributed by atoms with Crippen molar-refractivity contribution in [1.29, 1.82) is 0 Å². The van der Waals surface area contributed by atoms with Crippen molar-refractivity contribution in [2.75, 3.05) is 0 Å². The van der Waals surface area contributed by atoms with Crippen LogP contribution in [0.4, 0.5) is 0 Å². The molecule has 2 aromatic rings. The van der Waals surface area contributed by atoms with Crippen LogP contribution in [0.1, 0.15) is 28.3 Å². The molecule has 0 bridgehead atoms. The lowest BCUT2D eigenvalue weighted by molar-refractivity contribution is 0.134. The average Bonchev–Trinajstić information content (AvgIpc) is 2.89. The van der Waals surface area contributed by atoms with E-state index in [0.717, 1.165) is 16.1 Å². The Morgan fingerprint density at radius 1 is 1.00 bits per heavy atom. The van der Waals surface area contributed by atoms with E-state index in [-0.39, 0.29) is 6.04 Å². The minimum atomic E-state index is -0.0387. The van der Waals surface area contributed by atoms with E-state index in [0.29, 0.717) is 13.2 Å². The van der Waals surface area contributed by atoms with Crippen LogP contribution in [0, 0.1) is 0 Å². The molecule has 1 atom stereocenters. The van der Waals surface area contributed by atoms with Crippen LogP contribution in [-0.2, 0) is 18.0 Å². The summed E-state index contributed by atoms with van der Waals surface area (Å²) in [5, 5.41) is 0.724. The van der Waals surface area contributed by atoms with E-state index in [9.17, 15) is 0 Å². The van der Waals surface area contributed by atoms with Gasteiger partial charge in [-0.05, 0) is 34.4 Å². The number of fused-ring (bicyclic) bond motifs is 1. The van der Waals surface area contributed by atoms with Gasteiger partial charge in [0.15, 0.2) is 0 Å². The summed E-state index contributed by atoms with van der Waals surface area (Å²) in [6.07, 6.45) is 0. The molecular formula is C15H15ClN2O. The molecule has 0 amide bonds. The molecule has 1 aliphatic rings. The highest BCUT2D eigenvalue weighted by molar-refractivity contribution is 6.30. The van der Waals surface area contributed by atoms with E-state index in [1.807, 2.05) is 24.3 Å². The Balaban J connectivity index is 1.96. The molecule has 0 aromatic heterocycles. The largest absolute Gasteiger partial charge is 0.372 e. The molecule has 1 unspecified atom stereocenters. The topological polar surface area (TPSA) is 47.3 Å². The van der Waals surface area contributed by atoms with Crippen LogP contribution in [0.5, 0.6) is 0 Å². The van der Waals surface area contributed by atoms with E-state index >= 15 is 0 Å². The number of nitrogens with two attached hydrogens (primary N) is 1. The van der Waals surface area contributed by atoms with Crippen LogP contribution in [0.2, 0.25) is 5.02 Å². The number of rotatable bonds is 3. The maximum absolute atomic E-state index is 5.91. The van der Waals surface area contributed by atoms with Gasteiger partial charge in [-0.1, -0.05) is 41.9 Å². The van der Waals surface area contributed by atoms with Gasteiger partial charge in [0, 0.05) is 5.02 Å². The molecule has 19 heavy (non-hydrogen) atoms. The third-order valence-corrected chi connectivity index (χ3v) is 3.70. The second-order valence-electron chi connectivity index (χ2n) is 4.67. The minimum Gasteiger partial charge on any atom is -0.372 e. The van der Waals surface area contributed by atoms with Gasteiger partial charge >= 0.3 is 0 Å². The van der Waals surface area contributed by atoms with Crippen LogP contribution in [-0.4, -0.2) is 0 Å². The highest BCUT2D eigenvalue weighted by Gasteiger charge is 2.16. The second kappa shape index (κ2) is 5.31. The zero-order chi connectivity index (χ0) is 13.2. The highest BCUT2D eigenvalue weighted by Crippen LogP contribution is 2.27. The first-order valence-corrected chi connectivity index (χ1v) is 6.57. The normalized spacial score (nSPS) is 15.3. The van der Waals surface area contributed by atoms with Gasteiger partial charge in [-0.15, -0.1) is 0 Å². The molecule has 3 rings (SSSR count). The number of hydrogen-bond donors (Lipinski definition) is 2. The molecule has 0 saturated heterocycles. The molecule has 2 aromatic carbocycles. The Hall–Kier alpha value is -1.39. The Morgan fingerprint density at radius 3 is 2.42 bits per heavy atom. The van der Waals surface area contributed by atoms with Crippen molar-refractivity contribution in [2.45, 2.75) is 19.3 Å². The first kappa shape index (κ1) is 12.6. The lowest BCUT2D eigenvalue weighted by Crippen LogP contribution is -2.28. The average molecular weight is 275 g/mol. The van der Waals surface area contributed by atoms with Gasteiger partial charge in [0.2, 0.25) is 0 Å². The van der Waals surface area contributed by atoms with Gasteiger partial charge < -0.3 is 4.74 Å². The van der Waals surface area contributed by atoms with Crippen molar-refractivity contribution >= 4 is 11.6 Å². The van der Waals surface area contributed by atoms with Crippen LogP contribution in [0.25, 0.3) is 0 Å². The monoisotopic (exact) mass is 274 g/mol. The van der Waals surface area contributed by atoms with Gasteiger partial charge in [0.1, 0.15) is 0 Å². The van der Waals surface area contributed by atoms with Crippen molar-refractivity contribution in [1.82, 2.24) is 5.43 Å². The van der Waals surface area contributed by atoms with Crippen molar-refractivity contribution in [3.63, 3.8) is 0 Å². The van der Waals surface area contributed by atoms with Gasteiger partial charge in [-0.25, -0.2) is 5.43 Å². The number of nitrogens with one attached hydrogen (secondary N) is 1. The number of halogens is 1. The fraction of sp³-hybridized carbons (Fsp3) is 0.200. The summed E-state index contributed by atoms with van der Waals surface area (Å²) in [5.41, 5.74) is 7.59. The van der Waals surface area contributed by atoms with Crippen molar-refractivity contribution in [3.8, 4) is 0 Å². The summed E-state index contributed by atoms with van der Waals surface area (Å²) in [5.74, 6) is 5.71. The number of ether oxygens (including phenoxy) is 1. The Morgan fingerprint density at radius 2 is 1.68 bits per heavy atom. The number of hydrazine groups is 1. The summed E-state index contributed by atoms with van der Waals surface area (Å²) in [6.45, 7) is 1.39.